The molecule has 0 aliphatic carbocycles. The maximum atomic E-state index is 11.9. The lowest BCUT2D eigenvalue weighted by atomic mass is 10.0. The Morgan fingerprint density at radius 3 is 2.81 bits per heavy atom. The first-order chi connectivity index (χ1) is 14.9. The predicted molar refractivity (Wildman–Crippen MR) is 124 cm³/mol. The van der Waals surface area contributed by atoms with Gasteiger partial charge in [0.25, 0.3) is 5.91 Å². The summed E-state index contributed by atoms with van der Waals surface area (Å²) in [6.07, 6.45) is 6.59. The minimum atomic E-state index is -0.626. The monoisotopic (exact) mass is 426 g/mol. The van der Waals surface area contributed by atoms with Crippen LogP contribution in [-0.4, -0.2) is 40.4 Å². The Morgan fingerprint density at radius 1 is 1.39 bits per heavy atom. The number of carbonyl (C=O) groups excluding carboxylic acids is 1. The molecule has 1 aromatic carbocycles. The summed E-state index contributed by atoms with van der Waals surface area (Å²) in [5.74, 6) is 0.0614. The molecule has 166 valence electrons. The van der Waals surface area contributed by atoms with E-state index in [9.17, 15) is 4.79 Å². The Bertz CT molecular complexity index is 929. The van der Waals surface area contributed by atoms with Gasteiger partial charge in [-0.1, -0.05) is 31.4 Å². The number of quaternary nitrogens is 1. The summed E-state index contributed by atoms with van der Waals surface area (Å²) >= 11 is 0. The third-order valence-electron chi connectivity index (χ3n) is 4.87. The molecule has 2 aromatic rings. The maximum Gasteiger partial charge on any atom is 0.254 e. The van der Waals surface area contributed by atoms with Gasteiger partial charge in [-0.15, -0.1) is 0 Å². The van der Waals surface area contributed by atoms with Gasteiger partial charge in [0.2, 0.25) is 5.95 Å². The normalized spacial score (nSPS) is 13.0. The van der Waals surface area contributed by atoms with Crippen molar-refractivity contribution in [3.8, 4) is 0 Å². The quantitative estimate of drug-likeness (QED) is 0.131. The van der Waals surface area contributed by atoms with Crippen LogP contribution in [0.4, 0.5) is 23.1 Å². The number of nitrogens with two attached hydrogens (primary N) is 3. The number of benzene rings is 1. The number of amides is 1. The molecular formula is C21H32N9O+. The van der Waals surface area contributed by atoms with Crippen LogP contribution in [0.3, 0.4) is 0 Å². The van der Waals surface area contributed by atoms with Crippen LogP contribution in [0.1, 0.15) is 49.0 Å². The van der Waals surface area contributed by atoms with Crippen molar-refractivity contribution in [3.05, 3.63) is 35.5 Å². The summed E-state index contributed by atoms with van der Waals surface area (Å²) in [7, 11) is 0. The van der Waals surface area contributed by atoms with E-state index in [1.807, 2.05) is 32.0 Å². The van der Waals surface area contributed by atoms with Crippen molar-refractivity contribution in [2.75, 3.05) is 10.6 Å². The second-order valence-corrected chi connectivity index (χ2v) is 7.22. The van der Waals surface area contributed by atoms with E-state index in [0.717, 1.165) is 36.7 Å². The fourth-order valence-corrected chi connectivity index (χ4v) is 3.04. The van der Waals surface area contributed by atoms with Crippen LogP contribution in [-0.2, 0) is 0 Å². The fourth-order valence-electron chi connectivity index (χ4n) is 3.04. The number of anilines is 3. The van der Waals surface area contributed by atoms with Gasteiger partial charge in [0.1, 0.15) is 17.6 Å². The van der Waals surface area contributed by atoms with E-state index in [0.29, 0.717) is 17.5 Å². The van der Waals surface area contributed by atoms with Crippen molar-refractivity contribution in [3.63, 3.8) is 0 Å². The number of nitrogens with zero attached hydrogens (tertiary/aromatic N) is 3. The number of aromatic nitrogens is 2. The molecule has 0 saturated carbocycles. The minimum absolute atomic E-state index is 0.0227. The molecule has 0 aliphatic heterocycles. The highest BCUT2D eigenvalue weighted by atomic mass is 16.1. The first kappa shape index (κ1) is 23.9. The molecule has 0 radical (unpaired) electrons. The first-order valence-corrected chi connectivity index (χ1v) is 10.3. The van der Waals surface area contributed by atoms with Crippen LogP contribution < -0.4 is 27.5 Å². The van der Waals surface area contributed by atoms with Crippen LogP contribution in [0.15, 0.2) is 29.5 Å². The average Bonchev–Trinajstić information content (AvgIpc) is 2.75. The molecule has 0 unspecified atom stereocenters. The molecule has 0 bridgehead atoms. The fraction of sp³-hybridized carbons (Fsp3) is 0.381. The molecule has 1 amide bonds. The van der Waals surface area contributed by atoms with E-state index in [1.165, 1.54) is 12.4 Å². The number of primary amides is 1. The topological polar surface area (TPSA) is 172 Å². The molecule has 2 rings (SSSR count). The molecule has 0 saturated heterocycles. The first-order valence-electron chi connectivity index (χ1n) is 10.3. The number of hydrogen-bond acceptors (Lipinski definition) is 8. The van der Waals surface area contributed by atoms with Gasteiger partial charge in [-0.05, 0) is 25.8 Å². The molecule has 9 N–H and O–H groups in total. The third kappa shape index (κ3) is 6.83. The molecule has 10 heteroatoms. The number of aryl methyl sites for hydroxylation is 1. The molecular weight excluding hydrogens is 394 g/mol. The zero-order valence-corrected chi connectivity index (χ0v) is 18.2. The molecule has 1 heterocycles. The molecule has 10 nitrogen and oxygen atoms in total. The lowest BCUT2D eigenvalue weighted by Gasteiger charge is -2.24. The van der Waals surface area contributed by atoms with E-state index in [2.05, 4.69) is 32.6 Å². The smallest absolute Gasteiger partial charge is 0.254 e. The van der Waals surface area contributed by atoms with Crippen molar-refractivity contribution in [2.45, 2.75) is 52.1 Å². The molecule has 0 aliphatic rings. The Labute approximate surface area is 182 Å². The van der Waals surface area contributed by atoms with E-state index < -0.39 is 5.91 Å². The Balaban J connectivity index is 2.33. The zero-order chi connectivity index (χ0) is 22.8. The van der Waals surface area contributed by atoms with Gasteiger partial charge in [0.05, 0.1) is 0 Å². The zero-order valence-electron chi connectivity index (χ0n) is 18.2. The SMILES string of the molecule is CCC[C@@H](Nc1ncc(C(N)=O)c(Nc2ccc(C)c([NH2+]/N=C\C=N)c2)n1)[C@@H](N)CC. The largest absolute Gasteiger partial charge is 0.365 e. The van der Waals surface area contributed by atoms with Gasteiger partial charge in [-0.2, -0.15) is 10.4 Å². The molecule has 0 spiro atoms. The Morgan fingerprint density at radius 2 is 2.16 bits per heavy atom. The molecule has 0 fully saturated rings. The van der Waals surface area contributed by atoms with Crippen LogP contribution in [0.25, 0.3) is 0 Å². The van der Waals surface area contributed by atoms with Crippen LogP contribution in [0, 0.1) is 12.3 Å². The van der Waals surface area contributed by atoms with E-state index in [4.69, 9.17) is 16.9 Å². The molecule has 31 heavy (non-hydrogen) atoms. The number of nitrogens with one attached hydrogen (secondary N) is 3. The lowest BCUT2D eigenvalue weighted by Crippen LogP contribution is -2.71. The van der Waals surface area contributed by atoms with Crippen molar-refractivity contribution in [2.24, 2.45) is 16.6 Å². The highest BCUT2D eigenvalue weighted by Gasteiger charge is 2.19. The lowest BCUT2D eigenvalue weighted by molar-refractivity contribution is -0.577. The van der Waals surface area contributed by atoms with Gasteiger partial charge < -0.3 is 27.5 Å². The summed E-state index contributed by atoms with van der Waals surface area (Å²) in [6.45, 7) is 6.10. The highest BCUT2D eigenvalue weighted by molar-refractivity contribution is 6.14. The van der Waals surface area contributed by atoms with E-state index in [1.54, 1.807) is 5.43 Å². The highest BCUT2D eigenvalue weighted by Crippen LogP contribution is 2.23. The van der Waals surface area contributed by atoms with E-state index in [-0.39, 0.29) is 17.6 Å². The summed E-state index contributed by atoms with van der Waals surface area (Å²) in [6, 6.07) is 5.67. The predicted octanol–water partition coefficient (Wildman–Crippen LogP) is 1.78. The number of rotatable bonds is 12. The maximum absolute atomic E-state index is 11.9. The minimum Gasteiger partial charge on any atom is -0.365 e. The summed E-state index contributed by atoms with van der Waals surface area (Å²) < 4.78 is 0. The van der Waals surface area contributed by atoms with Crippen LogP contribution in [0.2, 0.25) is 0 Å². The van der Waals surface area contributed by atoms with Gasteiger partial charge in [0.15, 0.2) is 5.69 Å². The van der Waals surface area contributed by atoms with Crippen molar-refractivity contribution >= 4 is 41.5 Å². The van der Waals surface area contributed by atoms with Crippen LogP contribution in [0.5, 0.6) is 0 Å². The second kappa shape index (κ2) is 11.7. The van der Waals surface area contributed by atoms with Gasteiger partial charge >= 0.3 is 0 Å². The summed E-state index contributed by atoms with van der Waals surface area (Å²) in [5, 5.41) is 17.5. The van der Waals surface area contributed by atoms with Gasteiger partial charge in [-0.3, -0.25) is 4.79 Å². The van der Waals surface area contributed by atoms with Crippen molar-refractivity contribution in [1.82, 2.24) is 9.97 Å². The number of carbonyl (C=O) groups is 1. The molecule has 1 aromatic heterocycles. The Hall–Kier alpha value is -3.37. The van der Waals surface area contributed by atoms with Crippen molar-refractivity contribution in [1.29, 1.82) is 5.41 Å². The van der Waals surface area contributed by atoms with Crippen LogP contribution >= 0.6 is 0 Å². The summed E-state index contributed by atoms with van der Waals surface area (Å²) in [4.78, 5) is 20.7. The second-order valence-electron chi connectivity index (χ2n) is 7.22. The number of hydrogen-bond donors (Lipinski definition) is 6. The average molecular weight is 427 g/mol. The summed E-state index contributed by atoms with van der Waals surface area (Å²) in [5.41, 5.74) is 16.2. The Kier molecular flexibility index (Phi) is 9.04. The third-order valence-corrected chi connectivity index (χ3v) is 4.87. The molecule has 2 atom stereocenters. The van der Waals surface area contributed by atoms with Gasteiger partial charge in [-0.25, -0.2) is 4.98 Å². The standard InChI is InChI=1S/C21H31N9O/c1-4-6-17(16(23)5-2)28-21-25-12-15(19(24)31)20(29-21)27-14-8-7-13(3)18(11-14)30-26-10-9-22/h7-12,16-17,22,30H,4-6,23H2,1-3H3,(H2,24,31)(H2,25,27,28,29)/p+1/b22-9?,26-10-/t16-,17+/m0/s1. The van der Waals surface area contributed by atoms with Crippen molar-refractivity contribution < 1.29 is 10.2 Å². The van der Waals surface area contributed by atoms with E-state index >= 15 is 0 Å². The van der Waals surface area contributed by atoms with Gasteiger partial charge in [0, 0.05) is 41.8 Å².